The van der Waals surface area contributed by atoms with Gasteiger partial charge in [-0.1, -0.05) is 12.8 Å². The zero-order valence-corrected chi connectivity index (χ0v) is 12.2. The summed E-state index contributed by atoms with van der Waals surface area (Å²) in [4.78, 5) is 37.0. The normalized spacial score (nSPS) is 26.4. The summed E-state index contributed by atoms with van der Waals surface area (Å²) in [5.41, 5.74) is 5.41. The van der Waals surface area contributed by atoms with Gasteiger partial charge in [0.25, 0.3) is 5.08 Å². The van der Waals surface area contributed by atoms with Crippen molar-refractivity contribution in [3.8, 4) is 0 Å². The monoisotopic (exact) mass is 317 g/mol. The summed E-state index contributed by atoms with van der Waals surface area (Å²) in [7, 11) is -10.8. The van der Waals surface area contributed by atoms with Gasteiger partial charge in [0.15, 0.2) is 0 Å². The van der Waals surface area contributed by atoms with Crippen molar-refractivity contribution in [1.82, 2.24) is 0 Å². The molecule has 7 N–H and O–H groups in total. The van der Waals surface area contributed by atoms with Crippen LogP contribution in [0.25, 0.3) is 0 Å². The van der Waals surface area contributed by atoms with Crippen LogP contribution in [0, 0.1) is 11.8 Å². The SMILES string of the molecule is NCCC1CCCCC1C(O)(P(=O)(O)O)P(=O)(O)O. The van der Waals surface area contributed by atoms with E-state index < -0.39 is 32.1 Å². The second kappa shape index (κ2) is 5.92. The van der Waals surface area contributed by atoms with E-state index in [1.165, 1.54) is 0 Å². The van der Waals surface area contributed by atoms with Crippen molar-refractivity contribution in [1.29, 1.82) is 0 Å². The van der Waals surface area contributed by atoms with Crippen LogP contribution in [0.4, 0.5) is 0 Å². The van der Waals surface area contributed by atoms with Crippen molar-refractivity contribution >= 4 is 15.2 Å². The first-order valence-corrected chi connectivity index (χ1v) is 9.32. The molecule has 0 aromatic heterocycles. The molecule has 8 nitrogen and oxygen atoms in total. The summed E-state index contributed by atoms with van der Waals surface area (Å²) in [6.45, 7) is 0.236. The smallest absolute Gasteiger partial charge is 0.367 e. The van der Waals surface area contributed by atoms with Crippen molar-refractivity contribution in [3.05, 3.63) is 0 Å². The Kier molecular flexibility index (Phi) is 5.38. The van der Waals surface area contributed by atoms with Gasteiger partial charge >= 0.3 is 15.2 Å². The van der Waals surface area contributed by atoms with Gasteiger partial charge in [-0.25, -0.2) is 0 Å². The average molecular weight is 317 g/mol. The molecule has 2 atom stereocenters. The van der Waals surface area contributed by atoms with Gasteiger partial charge in [0.05, 0.1) is 0 Å². The Balaban J connectivity index is 3.24. The molecule has 1 aliphatic carbocycles. The van der Waals surface area contributed by atoms with Gasteiger partial charge in [-0.05, 0) is 31.7 Å². The predicted molar refractivity (Wildman–Crippen MR) is 68.2 cm³/mol. The van der Waals surface area contributed by atoms with E-state index in [1.54, 1.807) is 0 Å². The molecular weight excluding hydrogens is 296 g/mol. The third-order valence-corrected chi connectivity index (χ3v) is 7.74. The van der Waals surface area contributed by atoms with Crippen molar-refractivity contribution < 1.29 is 33.8 Å². The van der Waals surface area contributed by atoms with E-state index in [0.717, 1.165) is 6.42 Å². The first-order chi connectivity index (χ1) is 8.55. The summed E-state index contributed by atoms with van der Waals surface area (Å²) < 4.78 is 22.9. The molecular formula is C9H21NO7P2. The van der Waals surface area contributed by atoms with Crippen LogP contribution in [0.3, 0.4) is 0 Å². The highest BCUT2D eigenvalue weighted by Gasteiger charge is 2.65. The Hall–Kier alpha value is 0.220. The number of rotatable bonds is 5. The molecule has 0 radical (unpaired) electrons. The third kappa shape index (κ3) is 3.28. The molecule has 0 amide bonds. The van der Waals surface area contributed by atoms with Gasteiger partial charge in [-0.15, -0.1) is 0 Å². The molecule has 1 saturated carbocycles. The van der Waals surface area contributed by atoms with Gasteiger partial charge in [-0.2, -0.15) is 0 Å². The molecule has 19 heavy (non-hydrogen) atoms. The van der Waals surface area contributed by atoms with E-state index in [0.29, 0.717) is 19.3 Å². The van der Waals surface area contributed by atoms with Crippen LogP contribution in [0.5, 0.6) is 0 Å². The van der Waals surface area contributed by atoms with E-state index in [9.17, 15) is 33.8 Å². The number of hydrogen-bond donors (Lipinski definition) is 6. The molecule has 2 unspecified atom stereocenters. The van der Waals surface area contributed by atoms with Gasteiger partial charge < -0.3 is 30.4 Å². The standard InChI is InChI=1S/C9H21NO7P2/c10-6-5-7-3-1-2-4-8(7)9(11,18(12,13)14)19(15,16)17/h7-8,11H,1-6,10H2,(H2,12,13,14)(H2,15,16,17). The van der Waals surface area contributed by atoms with E-state index in [-0.39, 0.29) is 13.0 Å². The Labute approximate surface area is 111 Å². The zero-order valence-electron chi connectivity index (χ0n) is 10.4. The van der Waals surface area contributed by atoms with Crippen molar-refractivity contribution in [2.24, 2.45) is 17.6 Å². The lowest BCUT2D eigenvalue weighted by molar-refractivity contribution is 0.0285. The maximum atomic E-state index is 11.5. The third-order valence-electron chi connectivity index (χ3n) is 3.80. The van der Waals surface area contributed by atoms with E-state index in [1.807, 2.05) is 0 Å². The summed E-state index contributed by atoms with van der Waals surface area (Å²) in [5, 5.41) is 6.83. The van der Waals surface area contributed by atoms with Crippen LogP contribution in [0.1, 0.15) is 32.1 Å². The highest BCUT2D eigenvalue weighted by molar-refractivity contribution is 7.72. The van der Waals surface area contributed by atoms with E-state index >= 15 is 0 Å². The predicted octanol–water partition coefficient (Wildman–Crippen LogP) is 0.143. The zero-order chi connectivity index (χ0) is 14.9. The molecule has 0 saturated heterocycles. The molecule has 0 aromatic rings. The lowest BCUT2D eigenvalue weighted by Gasteiger charge is -2.42. The summed E-state index contributed by atoms with van der Waals surface area (Å²) >= 11 is 0. The van der Waals surface area contributed by atoms with Crippen molar-refractivity contribution in [2.45, 2.75) is 37.2 Å². The van der Waals surface area contributed by atoms with E-state index in [2.05, 4.69) is 0 Å². The molecule has 0 bridgehead atoms. The maximum Gasteiger partial charge on any atom is 0.369 e. The minimum atomic E-state index is -5.39. The van der Waals surface area contributed by atoms with Crippen molar-refractivity contribution in [2.75, 3.05) is 6.54 Å². The van der Waals surface area contributed by atoms with Crippen LogP contribution in [-0.2, 0) is 9.13 Å². The van der Waals surface area contributed by atoms with Gasteiger partial charge in [0.1, 0.15) is 0 Å². The van der Waals surface area contributed by atoms with Crippen LogP contribution in [-0.4, -0.2) is 36.3 Å². The Morgan fingerprint density at radius 2 is 1.53 bits per heavy atom. The first-order valence-electron chi connectivity index (χ1n) is 6.09. The molecule has 1 fully saturated rings. The topological polar surface area (TPSA) is 161 Å². The molecule has 114 valence electrons. The largest absolute Gasteiger partial charge is 0.369 e. The highest BCUT2D eigenvalue weighted by atomic mass is 31.2. The van der Waals surface area contributed by atoms with Gasteiger partial charge in [0, 0.05) is 5.92 Å². The molecule has 10 heteroatoms. The first kappa shape index (κ1) is 17.3. The Morgan fingerprint density at radius 1 is 1.05 bits per heavy atom. The molecule has 1 aliphatic rings. The molecule has 0 aromatic carbocycles. The second-order valence-electron chi connectivity index (χ2n) is 5.00. The number of aliphatic hydroxyl groups is 1. The van der Waals surface area contributed by atoms with Crippen LogP contribution in [0.15, 0.2) is 0 Å². The lowest BCUT2D eigenvalue weighted by atomic mass is 9.77. The Morgan fingerprint density at radius 3 is 1.95 bits per heavy atom. The van der Waals surface area contributed by atoms with Gasteiger partial charge in [0.2, 0.25) is 0 Å². The minimum Gasteiger partial charge on any atom is -0.367 e. The van der Waals surface area contributed by atoms with Gasteiger partial charge in [-0.3, -0.25) is 9.13 Å². The fourth-order valence-electron chi connectivity index (χ4n) is 2.88. The molecule has 0 aliphatic heterocycles. The second-order valence-corrected chi connectivity index (χ2v) is 8.90. The highest BCUT2D eigenvalue weighted by Crippen LogP contribution is 2.72. The van der Waals surface area contributed by atoms with Crippen LogP contribution >= 0.6 is 15.2 Å². The average Bonchev–Trinajstić information content (AvgIpc) is 2.26. The fraction of sp³-hybridized carbons (Fsp3) is 1.00. The number of hydrogen-bond acceptors (Lipinski definition) is 4. The quantitative estimate of drug-likeness (QED) is 0.390. The van der Waals surface area contributed by atoms with E-state index in [4.69, 9.17) is 5.73 Å². The summed E-state index contributed by atoms with van der Waals surface area (Å²) in [6.07, 6.45) is 2.43. The molecule has 0 spiro atoms. The Bertz CT molecular complexity index is 379. The molecule has 1 rings (SSSR count). The van der Waals surface area contributed by atoms with Crippen LogP contribution < -0.4 is 5.73 Å². The fourth-order valence-corrected chi connectivity index (χ4v) is 5.78. The lowest BCUT2D eigenvalue weighted by Crippen LogP contribution is -2.43. The number of nitrogens with two attached hydrogens (primary N) is 1. The maximum absolute atomic E-state index is 11.5. The molecule has 0 heterocycles. The summed E-state index contributed by atoms with van der Waals surface area (Å²) in [5.74, 6) is -1.55. The minimum absolute atomic E-state index is 0.164. The van der Waals surface area contributed by atoms with Crippen LogP contribution in [0.2, 0.25) is 0 Å². The van der Waals surface area contributed by atoms with Crippen molar-refractivity contribution in [3.63, 3.8) is 0 Å². The summed E-state index contributed by atoms with van der Waals surface area (Å²) in [6, 6.07) is 0.